The topological polar surface area (TPSA) is 63.7 Å². The standard InChI is InChI=1S/C35H26FNO4/c1-20-7-9-22(10-8-20)32(38)31-30(21-11-15-25(41-2)16-12-21)35(33(39)26-5-3-4-6-27(26)34(35)40)29-18-13-23-19-24(36)14-17-28(23)37(29)31/h3-19,29-31H,1-2H3/t29-,30-,31+/m1/s1. The number of rotatable bonds is 4. The van der Waals surface area contributed by atoms with Crippen molar-refractivity contribution in [2.75, 3.05) is 12.0 Å². The van der Waals surface area contributed by atoms with Gasteiger partial charge in [0.15, 0.2) is 17.3 Å². The predicted molar refractivity (Wildman–Crippen MR) is 154 cm³/mol. The highest BCUT2D eigenvalue weighted by molar-refractivity contribution is 6.32. The van der Waals surface area contributed by atoms with E-state index in [1.54, 1.807) is 73.9 Å². The molecule has 1 aliphatic carbocycles. The molecular weight excluding hydrogens is 517 g/mol. The molecule has 1 spiro atoms. The molecule has 5 nitrogen and oxygen atoms in total. The normalized spacial score (nSPS) is 21.5. The molecule has 6 heteroatoms. The molecule has 0 saturated carbocycles. The Kier molecular flexibility index (Phi) is 5.58. The summed E-state index contributed by atoms with van der Waals surface area (Å²) in [4.78, 5) is 45.8. The molecule has 2 aliphatic heterocycles. The first-order chi connectivity index (χ1) is 19.9. The summed E-state index contributed by atoms with van der Waals surface area (Å²) in [7, 11) is 1.57. The highest BCUT2D eigenvalue weighted by Gasteiger charge is 2.71. The third-order valence-electron chi connectivity index (χ3n) is 8.85. The Balaban J connectivity index is 1.54. The number of aryl methyl sites for hydroxylation is 1. The average molecular weight is 544 g/mol. The minimum absolute atomic E-state index is 0.213. The first-order valence-corrected chi connectivity index (χ1v) is 13.6. The van der Waals surface area contributed by atoms with E-state index in [2.05, 4.69) is 0 Å². The summed E-state index contributed by atoms with van der Waals surface area (Å²) in [5.74, 6) is -1.44. The van der Waals surface area contributed by atoms with Gasteiger partial charge in [0.1, 0.15) is 23.0 Å². The third-order valence-corrected chi connectivity index (χ3v) is 8.85. The summed E-state index contributed by atoms with van der Waals surface area (Å²) in [5.41, 5.74) is 2.47. The van der Waals surface area contributed by atoms with E-state index in [9.17, 15) is 18.8 Å². The Bertz CT molecular complexity index is 1740. The van der Waals surface area contributed by atoms with E-state index in [0.717, 1.165) is 5.56 Å². The predicted octanol–water partition coefficient (Wildman–Crippen LogP) is 6.46. The Labute approximate surface area is 236 Å². The van der Waals surface area contributed by atoms with E-state index >= 15 is 0 Å². The SMILES string of the molecule is COc1ccc([C@@H]2[C@@H](C(=O)c3ccc(C)cc3)N3c4ccc(F)cc4C=C[C@@H]3C23C(=O)c2ccccc2C3=O)cc1. The third kappa shape index (κ3) is 3.43. The maximum Gasteiger partial charge on any atom is 0.185 e. The van der Waals surface area contributed by atoms with Crippen LogP contribution >= 0.6 is 0 Å². The summed E-state index contributed by atoms with van der Waals surface area (Å²) < 4.78 is 19.8. The number of halogens is 1. The van der Waals surface area contributed by atoms with E-state index in [0.29, 0.717) is 39.3 Å². The van der Waals surface area contributed by atoms with Crippen molar-refractivity contribution in [3.05, 3.63) is 136 Å². The van der Waals surface area contributed by atoms with Gasteiger partial charge < -0.3 is 9.64 Å². The summed E-state index contributed by atoms with van der Waals surface area (Å²) >= 11 is 0. The van der Waals surface area contributed by atoms with Crippen LogP contribution in [0.5, 0.6) is 5.75 Å². The number of carbonyl (C=O) groups excluding carboxylic acids is 3. The molecule has 0 radical (unpaired) electrons. The first kappa shape index (κ1) is 25.1. The minimum atomic E-state index is -1.61. The zero-order valence-electron chi connectivity index (χ0n) is 22.5. The van der Waals surface area contributed by atoms with Gasteiger partial charge in [-0.15, -0.1) is 0 Å². The number of hydrogen-bond acceptors (Lipinski definition) is 5. The fourth-order valence-corrected chi connectivity index (χ4v) is 7.02. The average Bonchev–Trinajstić information content (AvgIpc) is 3.43. The molecule has 3 aliphatic rings. The molecule has 1 saturated heterocycles. The van der Waals surface area contributed by atoms with Crippen LogP contribution in [-0.4, -0.2) is 36.5 Å². The molecule has 0 bridgehead atoms. The summed E-state index contributed by atoms with van der Waals surface area (Å²) in [5, 5.41) is 0. The number of ketones is 3. The Morgan fingerprint density at radius 2 is 1.54 bits per heavy atom. The van der Waals surface area contributed by atoms with Crippen molar-refractivity contribution < 1.29 is 23.5 Å². The number of fused-ring (bicyclic) bond motifs is 5. The van der Waals surface area contributed by atoms with Crippen molar-refractivity contribution >= 4 is 29.1 Å². The first-order valence-electron chi connectivity index (χ1n) is 13.6. The number of methoxy groups -OCH3 is 1. The van der Waals surface area contributed by atoms with E-state index in [1.807, 2.05) is 36.1 Å². The minimum Gasteiger partial charge on any atom is -0.497 e. The van der Waals surface area contributed by atoms with E-state index in [-0.39, 0.29) is 17.3 Å². The van der Waals surface area contributed by atoms with E-state index in [1.165, 1.54) is 12.1 Å². The second-order valence-electron chi connectivity index (χ2n) is 10.9. The summed E-state index contributed by atoms with van der Waals surface area (Å²) in [6.07, 6.45) is 3.55. The van der Waals surface area contributed by atoms with Crippen LogP contribution in [0.4, 0.5) is 10.1 Å². The van der Waals surface area contributed by atoms with Gasteiger partial charge in [0.25, 0.3) is 0 Å². The number of benzene rings is 4. The highest BCUT2D eigenvalue weighted by atomic mass is 19.1. The van der Waals surface area contributed by atoms with Crippen LogP contribution < -0.4 is 9.64 Å². The lowest BCUT2D eigenvalue weighted by Gasteiger charge is -2.37. The molecule has 202 valence electrons. The Morgan fingerprint density at radius 3 is 2.17 bits per heavy atom. The van der Waals surface area contributed by atoms with Crippen LogP contribution in [0.1, 0.15) is 53.7 Å². The second kappa shape index (κ2) is 9.10. The molecule has 2 heterocycles. The van der Waals surface area contributed by atoms with E-state index in [4.69, 9.17) is 4.74 Å². The number of Topliss-reactive ketones (excluding diaryl/α,β-unsaturated/α-hetero) is 3. The lowest BCUT2D eigenvalue weighted by molar-refractivity contribution is 0.0666. The number of carbonyl (C=O) groups is 3. The van der Waals surface area contributed by atoms with Crippen LogP contribution in [-0.2, 0) is 0 Å². The molecule has 0 N–H and O–H groups in total. The summed E-state index contributed by atoms with van der Waals surface area (Å²) in [6, 6.07) is 24.1. The van der Waals surface area contributed by atoms with Crippen molar-refractivity contribution in [1.29, 1.82) is 0 Å². The zero-order chi connectivity index (χ0) is 28.5. The van der Waals surface area contributed by atoms with Crippen molar-refractivity contribution in [2.45, 2.75) is 24.9 Å². The Morgan fingerprint density at radius 1 is 0.878 bits per heavy atom. The lowest BCUT2D eigenvalue weighted by atomic mass is 9.64. The fraction of sp³-hybridized carbons (Fsp3) is 0.171. The molecule has 0 unspecified atom stereocenters. The smallest absolute Gasteiger partial charge is 0.185 e. The van der Waals surface area contributed by atoms with Gasteiger partial charge in [-0.25, -0.2) is 4.39 Å². The molecule has 1 fully saturated rings. The molecular formula is C35H26FNO4. The number of anilines is 1. The fourth-order valence-electron chi connectivity index (χ4n) is 7.02. The van der Waals surface area contributed by atoms with Gasteiger partial charge in [-0.1, -0.05) is 78.4 Å². The van der Waals surface area contributed by atoms with Crippen molar-refractivity contribution in [3.63, 3.8) is 0 Å². The van der Waals surface area contributed by atoms with Crippen LogP contribution in [0.3, 0.4) is 0 Å². The van der Waals surface area contributed by atoms with Crippen molar-refractivity contribution in [3.8, 4) is 5.75 Å². The van der Waals surface area contributed by atoms with Gasteiger partial charge >= 0.3 is 0 Å². The maximum absolute atomic E-state index is 14.6. The molecule has 4 aromatic carbocycles. The van der Waals surface area contributed by atoms with Crippen molar-refractivity contribution in [1.82, 2.24) is 0 Å². The lowest BCUT2D eigenvalue weighted by Crippen LogP contribution is -2.48. The van der Waals surface area contributed by atoms with Crippen LogP contribution in [0, 0.1) is 18.2 Å². The molecule has 3 atom stereocenters. The van der Waals surface area contributed by atoms with Gasteiger partial charge in [0, 0.05) is 33.9 Å². The van der Waals surface area contributed by atoms with Gasteiger partial charge in [0.2, 0.25) is 0 Å². The summed E-state index contributed by atoms with van der Waals surface area (Å²) in [6.45, 7) is 1.95. The number of nitrogens with zero attached hydrogens (tertiary/aromatic N) is 1. The van der Waals surface area contributed by atoms with Crippen LogP contribution in [0.2, 0.25) is 0 Å². The van der Waals surface area contributed by atoms with Crippen molar-refractivity contribution in [2.24, 2.45) is 5.41 Å². The molecule has 0 aromatic heterocycles. The van der Waals surface area contributed by atoms with E-state index < -0.39 is 29.2 Å². The maximum atomic E-state index is 14.6. The monoisotopic (exact) mass is 543 g/mol. The molecule has 0 amide bonds. The molecule has 4 aromatic rings. The van der Waals surface area contributed by atoms with Gasteiger partial charge in [-0.3, -0.25) is 14.4 Å². The second-order valence-corrected chi connectivity index (χ2v) is 10.9. The van der Waals surface area contributed by atoms with Gasteiger partial charge in [-0.05, 0) is 42.8 Å². The van der Waals surface area contributed by atoms with Gasteiger partial charge in [-0.2, -0.15) is 0 Å². The van der Waals surface area contributed by atoms with Crippen LogP contribution in [0.15, 0.2) is 97.1 Å². The quantitative estimate of drug-likeness (QED) is 0.218. The molecule has 41 heavy (non-hydrogen) atoms. The van der Waals surface area contributed by atoms with Crippen LogP contribution in [0.25, 0.3) is 6.08 Å². The largest absolute Gasteiger partial charge is 0.497 e. The Hall–Kier alpha value is -4.84. The highest BCUT2D eigenvalue weighted by Crippen LogP contribution is 2.61. The number of hydrogen-bond donors (Lipinski definition) is 0. The number of ether oxygens (including phenoxy) is 1. The molecule has 7 rings (SSSR count). The zero-order valence-corrected chi connectivity index (χ0v) is 22.5. The van der Waals surface area contributed by atoms with Gasteiger partial charge in [0.05, 0.1) is 13.2 Å².